The maximum Gasteiger partial charge on any atom is 0.297 e. The molecule has 0 aliphatic heterocycles. The fourth-order valence-electron chi connectivity index (χ4n) is 1.86. The van der Waals surface area contributed by atoms with E-state index in [1.165, 1.54) is 12.1 Å². The van der Waals surface area contributed by atoms with Gasteiger partial charge in [-0.1, -0.05) is 20.3 Å². The number of hydrogen-bond donors (Lipinski definition) is 0. The summed E-state index contributed by atoms with van der Waals surface area (Å²) in [4.78, 5) is 11.7. The Morgan fingerprint density at radius 1 is 1.18 bits per heavy atom. The van der Waals surface area contributed by atoms with Crippen molar-refractivity contribution < 1.29 is 22.1 Å². The zero-order chi connectivity index (χ0) is 16.6. The van der Waals surface area contributed by atoms with Crippen molar-refractivity contribution >= 4 is 15.9 Å². The molecule has 0 atom stereocenters. The average Bonchev–Trinajstić information content (AvgIpc) is 2.46. The normalized spacial score (nSPS) is 11.6. The molecule has 5 nitrogen and oxygen atoms in total. The van der Waals surface area contributed by atoms with Crippen molar-refractivity contribution in [1.29, 1.82) is 0 Å². The topological polar surface area (TPSA) is 69.7 Å². The van der Waals surface area contributed by atoms with Crippen molar-refractivity contribution in [2.24, 2.45) is 5.92 Å². The molecule has 1 rings (SSSR count). The van der Waals surface area contributed by atoms with Gasteiger partial charge in [0.25, 0.3) is 10.1 Å². The second-order valence-electron chi connectivity index (χ2n) is 5.45. The van der Waals surface area contributed by atoms with Crippen molar-refractivity contribution in [3.8, 4) is 5.75 Å². The summed E-state index contributed by atoms with van der Waals surface area (Å²) in [6.45, 7) is 6.11. The molecular formula is C16H24O5S. The Kier molecular flexibility index (Phi) is 7.55. The Morgan fingerprint density at radius 2 is 1.82 bits per heavy atom. The van der Waals surface area contributed by atoms with E-state index >= 15 is 0 Å². The summed E-state index contributed by atoms with van der Waals surface area (Å²) < 4.78 is 34.0. The molecule has 0 aromatic heterocycles. The minimum atomic E-state index is -3.90. The third-order valence-corrected chi connectivity index (χ3v) is 4.31. The molecular weight excluding hydrogens is 304 g/mol. The number of hydrogen-bond acceptors (Lipinski definition) is 5. The van der Waals surface area contributed by atoms with Crippen LogP contribution in [0.1, 0.15) is 40.0 Å². The number of benzene rings is 1. The minimum absolute atomic E-state index is 0.0194. The molecule has 22 heavy (non-hydrogen) atoms. The van der Waals surface area contributed by atoms with Crippen LogP contribution in [-0.4, -0.2) is 27.4 Å². The molecule has 124 valence electrons. The molecule has 1 aromatic carbocycles. The third kappa shape index (κ3) is 6.58. The molecule has 1 aromatic rings. The fourth-order valence-corrected chi connectivity index (χ4v) is 2.75. The van der Waals surface area contributed by atoms with E-state index < -0.39 is 16.7 Å². The molecule has 0 unspecified atom stereocenters. The highest BCUT2D eigenvalue weighted by molar-refractivity contribution is 7.86. The number of Topliss-reactive ketones (excluding diaryl/α,β-unsaturated/α-hetero) is 1. The quantitative estimate of drug-likeness (QED) is 0.617. The van der Waals surface area contributed by atoms with Crippen LogP contribution in [0.2, 0.25) is 0 Å². The highest BCUT2D eigenvalue weighted by Crippen LogP contribution is 2.18. The van der Waals surface area contributed by atoms with Gasteiger partial charge < -0.3 is 4.74 Å². The van der Waals surface area contributed by atoms with Gasteiger partial charge in [0.05, 0.1) is 11.5 Å². The molecule has 6 heteroatoms. The van der Waals surface area contributed by atoms with Gasteiger partial charge in [-0.2, -0.15) is 8.42 Å². The van der Waals surface area contributed by atoms with Crippen LogP contribution in [-0.2, 0) is 19.1 Å². The van der Waals surface area contributed by atoms with Gasteiger partial charge in [-0.25, -0.2) is 0 Å². The number of ketones is 1. The molecule has 0 saturated carbocycles. The van der Waals surface area contributed by atoms with E-state index in [-0.39, 0.29) is 10.7 Å². The lowest BCUT2D eigenvalue weighted by atomic mass is 10.1. The van der Waals surface area contributed by atoms with E-state index in [2.05, 4.69) is 13.8 Å². The maximum absolute atomic E-state index is 12.0. The van der Waals surface area contributed by atoms with Crippen LogP contribution >= 0.6 is 0 Å². The SMILES string of the molecule is CCOc1ccc(S(=O)(=O)OCC(=O)CCCC(C)C)cc1. The van der Waals surface area contributed by atoms with E-state index in [0.29, 0.717) is 24.7 Å². The Bertz CT molecular complexity index is 561. The Morgan fingerprint density at radius 3 is 2.36 bits per heavy atom. The number of ether oxygens (including phenoxy) is 1. The molecule has 0 saturated heterocycles. The average molecular weight is 328 g/mol. The van der Waals surface area contributed by atoms with Crippen LogP contribution in [0.15, 0.2) is 29.2 Å². The molecule has 0 heterocycles. The van der Waals surface area contributed by atoms with E-state index in [1.54, 1.807) is 12.1 Å². The fraction of sp³-hybridized carbons (Fsp3) is 0.562. The summed E-state index contributed by atoms with van der Waals surface area (Å²) in [7, 11) is -3.90. The first-order chi connectivity index (χ1) is 10.3. The van der Waals surface area contributed by atoms with Gasteiger partial charge in [-0.3, -0.25) is 8.98 Å². The lowest BCUT2D eigenvalue weighted by Crippen LogP contribution is -2.14. The van der Waals surface area contributed by atoms with Crippen LogP contribution < -0.4 is 4.74 Å². The van der Waals surface area contributed by atoms with Gasteiger partial charge >= 0.3 is 0 Å². The third-order valence-electron chi connectivity index (χ3n) is 3.04. The van der Waals surface area contributed by atoms with Crippen LogP contribution in [0.3, 0.4) is 0 Å². The summed E-state index contributed by atoms with van der Waals surface area (Å²) in [6.07, 6.45) is 2.04. The predicted octanol–water partition coefficient (Wildman–Crippen LogP) is 3.19. The molecule has 0 bridgehead atoms. The Hall–Kier alpha value is -1.40. The minimum Gasteiger partial charge on any atom is -0.494 e. The Labute approximate surface area is 132 Å². The second kappa shape index (κ2) is 8.90. The standard InChI is InChI=1S/C16H24O5S/c1-4-20-15-8-10-16(11-9-15)22(18,19)21-12-14(17)7-5-6-13(2)3/h8-11,13H,4-7,12H2,1-3H3. The highest BCUT2D eigenvalue weighted by Gasteiger charge is 2.17. The van der Waals surface area contributed by atoms with Crippen LogP contribution in [0.4, 0.5) is 0 Å². The van der Waals surface area contributed by atoms with Crippen LogP contribution in [0, 0.1) is 5.92 Å². The monoisotopic (exact) mass is 328 g/mol. The van der Waals surface area contributed by atoms with Gasteiger partial charge in [0.15, 0.2) is 5.78 Å². The predicted molar refractivity (Wildman–Crippen MR) is 84.4 cm³/mol. The zero-order valence-electron chi connectivity index (χ0n) is 13.4. The number of carbonyl (C=O) groups excluding carboxylic acids is 1. The van der Waals surface area contributed by atoms with Crippen molar-refractivity contribution in [2.75, 3.05) is 13.2 Å². The summed E-state index contributed by atoms with van der Waals surface area (Å²) in [5.41, 5.74) is 0. The first-order valence-electron chi connectivity index (χ1n) is 7.49. The smallest absolute Gasteiger partial charge is 0.297 e. The van der Waals surface area contributed by atoms with Gasteiger partial charge in [-0.15, -0.1) is 0 Å². The van der Waals surface area contributed by atoms with E-state index in [4.69, 9.17) is 8.92 Å². The van der Waals surface area contributed by atoms with Crippen molar-refractivity contribution in [1.82, 2.24) is 0 Å². The second-order valence-corrected chi connectivity index (χ2v) is 7.06. The molecule has 0 aliphatic carbocycles. The maximum atomic E-state index is 12.0. The van der Waals surface area contributed by atoms with Crippen LogP contribution in [0.25, 0.3) is 0 Å². The lowest BCUT2D eigenvalue weighted by molar-refractivity contribution is -0.121. The van der Waals surface area contributed by atoms with Gasteiger partial charge in [0.1, 0.15) is 12.4 Å². The largest absolute Gasteiger partial charge is 0.494 e. The molecule has 0 N–H and O–H groups in total. The van der Waals surface area contributed by atoms with E-state index in [1.807, 2.05) is 6.92 Å². The highest BCUT2D eigenvalue weighted by atomic mass is 32.2. The van der Waals surface area contributed by atoms with E-state index in [0.717, 1.165) is 12.8 Å². The molecule has 0 fully saturated rings. The van der Waals surface area contributed by atoms with E-state index in [9.17, 15) is 13.2 Å². The molecule has 0 aliphatic rings. The van der Waals surface area contributed by atoms with Gasteiger partial charge in [0, 0.05) is 6.42 Å². The number of carbonyl (C=O) groups is 1. The summed E-state index contributed by atoms with van der Waals surface area (Å²) >= 11 is 0. The first-order valence-corrected chi connectivity index (χ1v) is 8.90. The summed E-state index contributed by atoms with van der Waals surface area (Å²) in [5, 5.41) is 0. The zero-order valence-corrected chi connectivity index (χ0v) is 14.2. The molecule has 0 amide bonds. The Balaban J connectivity index is 2.51. The summed E-state index contributed by atoms with van der Waals surface area (Å²) in [6, 6.07) is 5.93. The molecule has 0 spiro atoms. The van der Waals surface area contributed by atoms with Gasteiger partial charge in [0.2, 0.25) is 0 Å². The van der Waals surface area contributed by atoms with Crippen molar-refractivity contribution in [3.63, 3.8) is 0 Å². The van der Waals surface area contributed by atoms with Gasteiger partial charge in [-0.05, 0) is 43.5 Å². The number of rotatable bonds is 10. The first kappa shape index (κ1) is 18.6. The summed E-state index contributed by atoms with van der Waals surface area (Å²) in [5.74, 6) is 0.919. The van der Waals surface area contributed by atoms with Crippen LogP contribution in [0.5, 0.6) is 5.75 Å². The van der Waals surface area contributed by atoms with Crippen molar-refractivity contribution in [3.05, 3.63) is 24.3 Å². The lowest BCUT2D eigenvalue weighted by Gasteiger charge is -2.07. The van der Waals surface area contributed by atoms with Crippen molar-refractivity contribution in [2.45, 2.75) is 44.9 Å². The molecule has 0 radical (unpaired) electrons.